The van der Waals surface area contributed by atoms with Crippen molar-refractivity contribution in [3.05, 3.63) is 99.7 Å². The maximum absolute atomic E-state index is 13.7. The Hall–Kier alpha value is -3.43. The summed E-state index contributed by atoms with van der Waals surface area (Å²) in [5.41, 5.74) is 10.2. The summed E-state index contributed by atoms with van der Waals surface area (Å²) in [4.78, 5) is 2.42. The van der Waals surface area contributed by atoms with E-state index in [9.17, 15) is 14.0 Å². The number of rotatable bonds is 3. The third kappa shape index (κ3) is 3.21. The van der Waals surface area contributed by atoms with E-state index >= 15 is 0 Å². The molecule has 2 aromatic rings. The molecule has 2 unspecified atom stereocenters. The minimum Gasteiger partial charge on any atom is -0.440 e. The molecule has 2 aromatic carbocycles. The summed E-state index contributed by atoms with van der Waals surface area (Å²) in [6.45, 7) is 2.96. The van der Waals surface area contributed by atoms with Crippen LogP contribution in [0.5, 0.6) is 0 Å². The van der Waals surface area contributed by atoms with Gasteiger partial charge in [-0.2, -0.15) is 5.26 Å². The summed E-state index contributed by atoms with van der Waals surface area (Å²) in [6, 6.07) is 15.1. The summed E-state index contributed by atoms with van der Waals surface area (Å²) in [7, 11) is 0. The fourth-order valence-corrected chi connectivity index (χ4v) is 5.37. The van der Waals surface area contributed by atoms with Crippen LogP contribution in [-0.2, 0) is 4.74 Å². The Kier molecular flexibility index (Phi) is 5.07. The van der Waals surface area contributed by atoms with Gasteiger partial charge in [0.1, 0.15) is 29.0 Å². The molecule has 5 rings (SSSR count). The van der Waals surface area contributed by atoms with E-state index in [1.54, 1.807) is 24.3 Å². The molecule has 0 amide bonds. The molecule has 3 heterocycles. The molecule has 0 spiro atoms. The van der Waals surface area contributed by atoms with E-state index in [1.165, 1.54) is 24.3 Å². The SMILES string of the molecule is CCN1C2CCC1/C(=C\c1ccc(F)cc1)C1=C2[C@@H](c2ccc(F)cc2)C(C#N)=C(N)O1. The smallest absolute Gasteiger partial charge is 0.205 e. The van der Waals surface area contributed by atoms with Gasteiger partial charge in [0.15, 0.2) is 0 Å². The second-order valence-corrected chi connectivity index (χ2v) is 8.35. The van der Waals surface area contributed by atoms with Crippen molar-refractivity contribution in [3.63, 3.8) is 0 Å². The highest BCUT2D eigenvalue weighted by Gasteiger charge is 2.49. The van der Waals surface area contributed by atoms with E-state index in [1.807, 2.05) is 6.08 Å². The zero-order chi connectivity index (χ0) is 22.4. The standard InChI is InChI=1S/C26H23F2N3O/c1-2-31-21-11-12-22(31)24-23(16-5-9-18(28)10-6-16)20(14-29)26(30)32-25(24)19(21)13-15-3-7-17(27)8-4-15/h3-10,13,21-23H,2,11-12,30H2,1H3/b19-13+/t21?,22?,23-/m0/s1. The lowest BCUT2D eigenvalue weighted by molar-refractivity contribution is 0.187. The first-order chi connectivity index (χ1) is 15.5. The molecule has 4 nitrogen and oxygen atoms in total. The largest absolute Gasteiger partial charge is 0.440 e. The molecule has 3 aliphatic heterocycles. The lowest BCUT2D eigenvalue weighted by Crippen LogP contribution is -2.45. The number of ether oxygens (including phenoxy) is 1. The third-order valence-electron chi connectivity index (χ3n) is 6.71. The minimum absolute atomic E-state index is 0.0786. The molecule has 2 N–H and O–H groups in total. The van der Waals surface area contributed by atoms with Gasteiger partial charge in [0.2, 0.25) is 5.88 Å². The molecule has 3 atom stereocenters. The molecule has 162 valence electrons. The Morgan fingerprint density at radius 1 is 1.06 bits per heavy atom. The number of likely N-dealkylation sites (N-methyl/N-ethyl adjacent to an activating group) is 1. The van der Waals surface area contributed by atoms with Gasteiger partial charge in [0, 0.05) is 23.2 Å². The van der Waals surface area contributed by atoms with Crippen molar-refractivity contribution >= 4 is 6.08 Å². The van der Waals surface area contributed by atoms with Crippen LogP contribution in [0.2, 0.25) is 0 Å². The van der Waals surface area contributed by atoms with Crippen molar-refractivity contribution in [2.45, 2.75) is 37.8 Å². The number of hydrogen-bond acceptors (Lipinski definition) is 4. The maximum Gasteiger partial charge on any atom is 0.205 e. The molecule has 0 radical (unpaired) electrons. The second kappa shape index (κ2) is 7.92. The molecular weight excluding hydrogens is 408 g/mol. The molecular formula is C26H23F2N3O. The van der Waals surface area contributed by atoms with Crippen LogP contribution in [0.25, 0.3) is 6.08 Å². The topological polar surface area (TPSA) is 62.3 Å². The van der Waals surface area contributed by atoms with Crippen LogP contribution < -0.4 is 5.73 Å². The molecule has 32 heavy (non-hydrogen) atoms. The van der Waals surface area contributed by atoms with Crippen molar-refractivity contribution in [1.82, 2.24) is 4.90 Å². The van der Waals surface area contributed by atoms with Gasteiger partial charge in [0.05, 0.1) is 5.92 Å². The Bertz CT molecular complexity index is 1190. The van der Waals surface area contributed by atoms with Crippen molar-refractivity contribution in [3.8, 4) is 6.07 Å². The molecule has 1 saturated heterocycles. The number of fused-ring (bicyclic) bond motifs is 3. The van der Waals surface area contributed by atoms with Crippen LogP contribution in [-0.4, -0.2) is 23.5 Å². The highest BCUT2D eigenvalue weighted by molar-refractivity contribution is 5.65. The van der Waals surface area contributed by atoms with Crippen molar-refractivity contribution in [2.75, 3.05) is 6.54 Å². The number of nitriles is 1. The van der Waals surface area contributed by atoms with E-state index in [0.29, 0.717) is 11.3 Å². The normalized spacial score (nSPS) is 26.2. The fourth-order valence-electron chi connectivity index (χ4n) is 5.37. The highest BCUT2D eigenvalue weighted by Crippen LogP contribution is 2.52. The molecule has 0 aliphatic carbocycles. The van der Waals surface area contributed by atoms with E-state index in [0.717, 1.165) is 41.7 Å². The van der Waals surface area contributed by atoms with Gasteiger partial charge in [-0.3, -0.25) is 4.90 Å². The van der Waals surface area contributed by atoms with Gasteiger partial charge in [-0.15, -0.1) is 0 Å². The maximum atomic E-state index is 13.7. The van der Waals surface area contributed by atoms with Crippen molar-refractivity contribution in [1.29, 1.82) is 5.26 Å². The van der Waals surface area contributed by atoms with E-state index < -0.39 is 5.92 Å². The van der Waals surface area contributed by atoms with Crippen molar-refractivity contribution < 1.29 is 13.5 Å². The highest BCUT2D eigenvalue weighted by atomic mass is 19.1. The molecule has 0 aromatic heterocycles. The molecule has 6 heteroatoms. The number of halogens is 2. The number of allylic oxidation sites excluding steroid dienone is 1. The lowest BCUT2D eigenvalue weighted by Gasteiger charge is -2.43. The third-order valence-corrected chi connectivity index (χ3v) is 6.71. The van der Waals surface area contributed by atoms with Crippen LogP contribution in [0.4, 0.5) is 8.78 Å². The Labute approximate surface area is 185 Å². The zero-order valence-corrected chi connectivity index (χ0v) is 17.7. The molecule has 0 saturated carbocycles. The van der Waals surface area contributed by atoms with Crippen LogP contribution in [0.15, 0.2) is 76.9 Å². The Morgan fingerprint density at radius 3 is 2.31 bits per heavy atom. The van der Waals surface area contributed by atoms with Gasteiger partial charge in [0.25, 0.3) is 0 Å². The predicted octanol–water partition coefficient (Wildman–Crippen LogP) is 4.98. The van der Waals surface area contributed by atoms with Gasteiger partial charge in [-0.1, -0.05) is 31.2 Å². The van der Waals surface area contributed by atoms with Crippen molar-refractivity contribution in [2.24, 2.45) is 5.73 Å². The predicted molar refractivity (Wildman–Crippen MR) is 118 cm³/mol. The van der Waals surface area contributed by atoms with Gasteiger partial charge >= 0.3 is 0 Å². The first kappa shape index (κ1) is 20.5. The van der Waals surface area contributed by atoms with E-state index in [4.69, 9.17) is 10.5 Å². The first-order valence-corrected chi connectivity index (χ1v) is 10.8. The van der Waals surface area contributed by atoms with Crippen LogP contribution in [0.3, 0.4) is 0 Å². The second-order valence-electron chi connectivity index (χ2n) is 8.35. The van der Waals surface area contributed by atoms with Crippen LogP contribution >= 0.6 is 0 Å². The molecule has 2 bridgehead atoms. The summed E-state index contributed by atoms with van der Waals surface area (Å²) in [6.07, 6.45) is 3.90. The average Bonchev–Trinajstić information content (AvgIpc) is 3.15. The molecule has 3 aliphatic rings. The summed E-state index contributed by atoms with van der Waals surface area (Å²) in [5.74, 6) is -0.253. The molecule has 1 fully saturated rings. The lowest BCUT2D eigenvalue weighted by atomic mass is 9.77. The summed E-state index contributed by atoms with van der Waals surface area (Å²) in [5, 5.41) is 9.93. The van der Waals surface area contributed by atoms with Gasteiger partial charge in [-0.25, -0.2) is 8.78 Å². The minimum atomic E-state index is -0.404. The summed E-state index contributed by atoms with van der Waals surface area (Å²) >= 11 is 0. The number of benzene rings is 2. The Balaban J connectivity index is 1.72. The van der Waals surface area contributed by atoms with Crippen LogP contribution in [0, 0.1) is 23.0 Å². The van der Waals surface area contributed by atoms with Gasteiger partial charge in [-0.05, 0) is 60.9 Å². The Morgan fingerprint density at radius 2 is 1.69 bits per heavy atom. The van der Waals surface area contributed by atoms with Crippen LogP contribution in [0.1, 0.15) is 36.8 Å². The quantitative estimate of drug-likeness (QED) is 0.745. The first-order valence-electron chi connectivity index (χ1n) is 10.8. The fraction of sp³-hybridized carbons (Fsp3) is 0.269. The van der Waals surface area contributed by atoms with Gasteiger partial charge < -0.3 is 10.5 Å². The zero-order valence-electron chi connectivity index (χ0n) is 17.7. The van der Waals surface area contributed by atoms with E-state index in [2.05, 4.69) is 17.9 Å². The average molecular weight is 431 g/mol. The number of nitrogens with two attached hydrogens (primary N) is 1. The summed E-state index contributed by atoms with van der Waals surface area (Å²) < 4.78 is 33.2. The number of nitrogens with zero attached hydrogens (tertiary/aromatic N) is 2. The van der Waals surface area contributed by atoms with E-state index in [-0.39, 0.29) is 29.6 Å². The number of hydrogen-bond donors (Lipinski definition) is 1. The monoisotopic (exact) mass is 431 g/mol.